The maximum absolute atomic E-state index is 13.2. The van der Waals surface area contributed by atoms with E-state index in [4.69, 9.17) is 16.3 Å². The van der Waals surface area contributed by atoms with E-state index in [0.717, 1.165) is 53.1 Å². The van der Waals surface area contributed by atoms with E-state index in [1.807, 2.05) is 63.6 Å². The number of hydrogen-bond acceptors (Lipinski definition) is 8. The van der Waals surface area contributed by atoms with Gasteiger partial charge in [-0.25, -0.2) is 4.79 Å². The summed E-state index contributed by atoms with van der Waals surface area (Å²) in [4.78, 5) is 27.3. The number of nitrogens with zero attached hydrogens (tertiary/aromatic N) is 5. The molecule has 0 saturated heterocycles. The minimum Gasteiger partial charge on any atom is -0.459 e. The molecule has 4 aromatic rings. The highest BCUT2D eigenvalue weighted by molar-refractivity contribution is 7.99. The molecule has 0 fully saturated rings. The molecule has 9 nitrogen and oxygen atoms in total. The first-order chi connectivity index (χ1) is 19.1. The number of thioether (sulfide) groups is 1. The molecule has 0 bridgehead atoms. The molecule has 0 unspecified atom stereocenters. The Morgan fingerprint density at radius 2 is 1.88 bits per heavy atom. The van der Waals surface area contributed by atoms with Crippen LogP contribution in [0.1, 0.15) is 58.7 Å². The Morgan fingerprint density at radius 3 is 2.55 bits per heavy atom. The third kappa shape index (κ3) is 5.68. The average Bonchev–Trinajstić information content (AvgIpc) is 3.57. The lowest BCUT2D eigenvalue weighted by Gasteiger charge is -2.14. The second kappa shape index (κ2) is 11.8. The number of hydrogen-bond donors (Lipinski definition) is 1. The summed E-state index contributed by atoms with van der Waals surface area (Å²) in [6, 6.07) is 7.95. The number of nitrogens with one attached hydrogen (secondary N) is 1. The van der Waals surface area contributed by atoms with Crippen molar-refractivity contribution >= 4 is 51.6 Å². The number of carbonyl (C=O) groups excluding carboxylic acids is 2. The number of benzene rings is 1. The number of halogens is 1. The van der Waals surface area contributed by atoms with E-state index in [2.05, 4.69) is 20.6 Å². The van der Waals surface area contributed by atoms with E-state index in [1.54, 1.807) is 4.68 Å². The summed E-state index contributed by atoms with van der Waals surface area (Å²) in [7, 11) is 1.82. The van der Waals surface area contributed by atoms with Crippen LogP contribution in [-0.4, -0.2) is 48.3 Å². The van der Waals surface area contributed by atoms with Gasteiger partial charge in [-0.3, -0.25) is 14.0 Å². The molecule has 0 atom stereocenters. The predicted molar refractivity (Wildman–Crippen MR) is 159 cm³/mol. The summed E-state index contributed by atoms with van der Waals surface area (Å²) in [5.41, 5.74) is 4.78. The fourth-order valence-corrected chi connectivity index (χ4v) is 6.89. The molecule has 0 aliphatic heterocycles. The number of amides is 1. The molecule has 0 spiro atoms. The quantitative estimate of drug-likeness (QED) is 0.191. The molecule has 1 amide bonds. The molecule has 0 radical (unpaired) electrons. The summed E-state index contributed by atoms with van der Waals surface area (Å²) in [6.07, 6.45) is 3.57. The van der Waals surface area contributed by atoms with Crippen LogP contribution in [0.3, 0.4) is 0 Å². The van der Waals surface area contributed by atoms with E-state index in [0.29, 0.717) is 32.3 Å². The summed E-state index contributed by atoms with van der Waals surface area (Å²) in [6.45, 7) is 7.55. The number of ether oxygens (including phenoxy) is 1. The van der Waals surface area contributed by atoms with Gasteiger partial charge in [0.05, 0.1) is 28.1 Å². The molecule has 1 aromatic carbocycles. The smallest absolute Gasteiger partial charge is 0.341 e. The highest BCUT2D eigenvalue weighted by Gasteiger charge is 2.28. The highest BCUT2D eigenvalue weighted by Crippen LogP contribution is 2.39. The lowest BCUT2D eigenvalue weighted by Crippen LogP contribution is -2.19. The zero-order chi connectivity index (χ0) is 28.6. The first-order valence-electron chi connectivity index (χ1n) is 13.1. The molecule has 12 heteroatoms. The molecule has 3 aromatic heterocycles. The van der Waals surface area contributed by atoms with Gasteiger partial charge in [0, 0.05) is 17.6 Å². The highest BCUT2D eigenvalue weighted by atomic mass is 35.5. The average molecular weight is 599 g/mol. The van der Waals surface area contributed by atoms with Crippen LogP contribution >= 0.6 is 34.7 Å². The largest absolute Gasteiger partial charge is 0.459 e. The van der Waals surface area contributed by atoms with Gasteiger partial charge in [0.2, 0.25) is 5.91 Å². The number of aryl methyl sites for hydroxylation is 3. The lowest BCUT2D eigenvalue weighted by molar-refractivity contribution is -0.113. The Bertz CT molecular complexity index is 1570. The summed E-state index contributed by atoms with van der Waals surface area (Å²) >= 11 is 9.33. The Morgan fingerprint density at radius 1 is 1.15 bits per heavy atom. The van der Waals surface area contributed by atoms with Crippen molar-refractivity contribution in [3.8, 4) is 17.2 Å². The molecule has 1 N–H and O–H groups in total. The topological polar surface area (TPSA) is 104 Å². The number of carbonyl (C=O) groups is 2. The number of aromatic nitrogens is 5. The van der Waals surface area contributed by atoms with Gasteiger partial charge in [0.25, 0.3) is 0 Å². The van der Waals surface area contributed by atoms with Gasteiger partial charge in [-0.15, -0.1) is 21.5 Å². The fraction of sp³-hybridized carbons (Fsp3) is 0.393. The van der Waals surface area contributed by atoms with Crippen LogP contribution in [0.4, 0.5) is 5.00 Å². The minimum atomic E-state index is -0.386. The Hall–Kier alpha value is -3.15. The SMILES string of the molecule is Cc1ccc(-n2c(SCC(=O)Nc3sc4c(c3C(=O)OC(C)C)CCCC4)nnc2-c2nn(C)c(C)c2Cl)cc1. The number of fused-ring (bicyclic) bond motifs is 1. The van der Waals surface area contributed by atoms with Crippen molar-refractivity contribution in [1.29, 1.82) is 0 Å². The van der Waals surface area contributed by atoms with Crippen molar-refractivity contribution in [2.75, 3.05) is 11.1 Å². The third-order valence-electron chi connectivity index (χ3n) is 6.70. The van der Waals surface area contributed by atoms with Crippen LogP contribution < -0.4 is 5.32 Å². The predicted octanol–water partition coefficient (Wildman–Crippen LogP) is 6.17. The summed E-state index contributed by atoms with van der Waals surface area (Å²) in [5.74, 6) is -0.0668. The van der Waals surface area contributed by atoms with Crippen molar-refractivity contribution in [3.63, 3.8) is 0 Å². The zero-order valence-electron chi connectivity index (χ0n) is 23.1. The Balaban J connectivity index is 1.41. The number of anilines is 1. The maximum atomic E-state index is 13.2. The van der Waals surface area contributed by atoms with Crippen molar-refractivity contribution in [3.05, 3.63) is 56.5 Å². The van der Waals surface area contributed by atoms with Gasteiger partial charge in [0.1, 0.15) is 10.7 Å². The van der Waals surface area contributed by atoms with E-state index in [1.165, 1.54) is 23.1 Å². The van der Waals surface area contributed by atoms with Crippen LogP contribution in [0.2, 0.25) is 5.02 Å². The number of esters is 1. The molecule has 40 heavy (non-hydrogen) atoms. The molecule has 1 aliphatic carbocycles. The van der Waals surface area contributed by atoms with E-state index < -0.39 is 0 Å². The molecule has 0 saturated carbocycles. The van der Waals surface area contributed by atoms with E-state index in [9.17, 15) is 9.59 Å². The van der Waals surface area contributed by atoms with Crippen molar-refractivity contribution in [1.82, 2.24) is 24.5 Å². The Kier molecular flexibility index (Phi) is 8.34. The fourth-order valence-electron chi connectivity index (χ4n) is 4.60. The van der Waals surface area contributed by atoms with Gasteiger partial charge in [-0.2, -0.15) is 5.10 Å². The monoisotopic (exact) mass is 598 g/mol. The van der Waals surface area contributed by atoms with Gasteiger partial charge in [0.15, 0.2) is 11.0 Å². The van der Waals surface area contributed by atoms with Crippen molar-refractivity contribution < 1.29 is 14.3 Å². The van der Waals surface area contributed by atoms with Gasteiger partial charge in [-0.1, -0.05) is 41.1 Å². The zero-order valence-corrected chi connectivity index (χ0v) is 25.5. The normalized spacial score (nSPS) is 13.0. The van der Waals surface area contributed by atoms with Crippen molar-refractivity contribution in [2.45, 2.75) is 64.6 Å². The summed E-state index contributed by atoms with van der Waals surface area (Å²) in [5, 5.41) is 17.9. The van der Waals surface area contributed by atoms with Crippen LogP contribution in [0.25, 0.3) is 17.2 Å². The number of rotatable bonds is 8. The van der Waals surface area contributed by atoms with E-state index >= 15 is 0 Å². The van der Waals surface area contributed by atoms with Gasteiger partial charge in [-0.05, 0) is 71.1 Å². The second-order valence-corrected chi connectivity index (χ2v) is 12.5. The van der Waals surface area contributed by atoms with Gasteiger partial charge < -0.3 is 10.1 Å². The first-order valence-corrected chi connectivity index (χ1v) is 15.3. The molecule has 1 aliphatic rings. The Labute approximate surface area is 246 Å². The third-order valence-corrected chi connectivity index (χ3v) is 9.29. The van der Waals surface area contributed by atoms with Crippen LogP contribution in [-0.2, 0) is 29.4 Å². The van der Waals surface area contributed by atoms with Crippen LogP contribution in [0.5, 0.6) is 0 Å². The molecular formula is C28H31ClN6O3S2. The number of thiophene rings is 1. The summed E-state index contributed by atoms with van der Waals surface area (Å²) < 4.78 is 9.09. The molecule has 5 rings (SSSR count). The minimum absolute atomic E-state index is 0.0697. The maximum Gasteiger partial charge on any atom is 0.341 e. The second-order valence-electron chi connectivity index (χ2n) is 10.1. The van der Waals surface area contributed by atoms with Crippen LogP contribution in [0.15, 0.2) is 29.4 Å². The molecule has 3 heterocycles. The lowest BCUT2D eigenvalue weighted by atomic mass is 9.95. The molecular weight excluding hydrogens is 568 g/mol. The van der Waals surface area contributed by atoms with E-state index in [-0.39, 0.29) is 23.7 Å². The first kappa shape index (κ1) is 28.4. The van der Waals surface area contributed by atoms with Crippen molar-refractivity contribution in [2.24, 2.45) is 7.05 Å². The van der Waals surface area contributed by atoms with Crippen LogP contribution in [0, 0.1) is 13.8 Å². The molecule has 210 valence electrons. The van der Waals surface area contributed by atoms with Gasteiger partial charge >= 0.3 is 5.97 Å². The standard InChI is InChI=1S/C28H31ClN6O3S2/c1-15(2)38-27(37)22-19-8-6-7-9-20(19)40-26(22)30-21(36)14-39-28-32-31-25(24-23(29)17(4)34(5)33-24)35(28)18-12-10-16(3)11-13-18/h10-13,15H,6-9,14H2,1-5H3,(H,30,36).